The summed E-state index contributed by atoms with van der Waals surface area (Å²) < 4.78 is 4.95. The van der Waals surface area contributed by atoms with Gasteiger partial charge < -0.3 is 4.57 Å². The van der Waals surface area contributed by atoms with Gasteiger partial charge in [0.2, 0.25) is 0 Å². The second kappa shape index (κ2) is 11.3. The van der Waals surface area contributed by atoms with E-state index in [4.69, 9.17) is 11.6 Å². The molecule has 244 valence electrons. The van der Waals surface area contributed by atoms with Crippen LogP contribution in [0.25, 0.3) is 69.9 Å². The quantitative estimate of drug-likeness (QED) is 0.172. The van der Waals surface area contributed by atoms with Gasteiger partial charge in [-0.05, 0) is 99.1 Å². The Morgan fingerprint density at radius 2 is 1.12 bits per heavy atom. The highest BCUT2D eigenvalue weighted by molar-refractivity contribution is 7.26. The van der Waals surface area contributed by atoms with Crippen molar-refractivity contribution < 1.29 is 0 Å². The Morgan fingerprint density at radius 3 is 1.88 bits per heavy atom. The number of nitrogens with zero attached hydrogens (tertiary/aromatic N) is 1. The molecule has 1 nitrogen and oxygen atoms in total. The Kier molecular flexibility index (Phi) is 6.46. The molecule has 0 bridgehead atoms. The minimum Gasteiger partial charge on any atom is -0.309 e. The van der Waals surface area contributed by atoms with Crippen LogP contribution in [0.5, 0.6) is 0 Å². The highest BCUT2D eigenvalue weighted by Gasteiger charge is 2.47. The predicted octanol–water partition coefficient (Wildman–Crippen LogP) is 13.8. The van der Waals surface area contributed by atoms with Gasteiger partial charge in [0, 0.05) is 41.7 Å². The molecule has 0 atom stereocenters. The number of halogens is 1. The van der Waals surface area contributed by atoms with Crippen LogP contribution < -0.4 is 0 Å². The van der Waals surface area contributed by atoms with Crippen LogP contribution in [0.2, 0.25) is 5.02 Å². The third-order valence-corrected chi connectivity index (χ3v) is 12.6. The van der Waals surface area contributed by atoms with Gasteiger partial charge >= 0.3 is 0 Å². The molecule has 8 aromatic carbocycles. The monoisotopic (exact) mass is 699 g/mol. The highest BCUT2D eigenvalue weighted by atomic mass is 35.5. The zero-order chi connectivity index (χ0) is 34.4. The van der Waals surface area contributed by atoms with Crippen molar-refractivity contribution >= 4 is 64.9 Å². The molecule has 0 unspecified atom stereocenters. The van der Waals surface area contributed by atoms with Crippen molar-refractivity contribution in [3.63, 3.8) is 0 Å². The van der Waals surface area contributed by atoms with Gasteiger partial charge in [0.15, 0.2) is 0 Å². The number of hydrogen-bond acceptors (Lipinski definition) is 1. The Balaban J connectivity index is 1.35. The standard InChI is InChI=1S/C49H30ClNS/c50-43-23-13-25-46-47(43)39-28-31(26-27-45(39)52-46)32-29-38-37-20-9-12-24-44(37)51(34-16-5-2-6-17-34)48(38)42(30-32)49(33-14-3-1-4-15-33)40-21-10-7-18-35(40)36-19-8-11-22-41(36)49/h1-30H. The Labute approximate surface area is 310 Å². The fraction of sp³-hybridized carbons (Fsp3) is 0.0204. The van der Waals surface area contributed by atoms with Crippen LogP contribution >= 0.6 is 22.9 Å². The van der Waals surface area contributed by atoms with Crippen LogP contribution in [0.15, 0.2) is 182 Å². The molecule has 2 heterocycles. The average molecular weight is 700 g/mol. The third-order valence-electron chi connectivity index (χ3n) is 11.1. The lowest BCUT2D eigenvalue weighted by Gasteiger charge is -2.35. The summed E-state index contributed by atoms with van der Waals surface area (Å²) in [5.41, 5.74) is 13.0. The second-order valence-corrected chi connectivity index (χ2v) is 15.2. The number of hydrogen-bond donors (Lipinski definition) is 0. The molecule has 2 aromatic heterocycles. The Hall–Kier alpha value is -5.93. The fourth-order valence-electron chi connectivity index (χ4n) is 9.04. The highest BCUT2D eigenvalue weighted by Crippen LogP contribution is 2.58. The number of para-hydroxylation sites is 2. The van der Waals surface area contributed by atoms with Crippen LogP contribution in [-0.2, 0) is 5.41 Å². The summed E-state index contributed by atoms with van der Waals surface area (Å²) in [6.45, 7) is 0. The molecular weight excluding hydrogens is 670 g/mol. The summed E-state index contributed by atoms with van der Waals surface area (Å²) in [5, 5.41) is 5.60. The van der Waals surface area contributed by atoms with E-state index in [2.05, 4.69) is 174 Å². The van der Waals surface area contributed by atoms with Crippen LogP contribution in [-0.4, -0.2) is 4.57 Å². The summed E-state index contributed by atoms with van der Waals surface area (Å²) in [6.07, 6.45) is 0. The van der Waals surface area contributed by atoms with Crippen LogP contribution in [0.3, 0.4) is 0 Å². The summed E-state index contributed by atoms with van der Waals surface area (Å²) in [6, 6.07) is 67.0. The molecule has 52 heavy (non-hydrogen) atoms. The van der Waals surface area contributed by atoms with Gasteiger partial charge in [-0.25, -0.2) is 0 Å². The van der Waals surface area contributed by atoms with E-state index in [0.717, 1.165) is 16.1 Å². The maximum Gasteiger partial charge on any atom is 0.0734 e. The molecular formula is C49H30ClNS. The first-order valence-electron chi connectivity index (χ1n) is 17.7. The topological polar surface area (TPSA) is 4.93 Å². The number of benzene rings is 8. The first-order valence-corrected chi connectivity index (χ1v) is 18.9. The first-order chi connectivity index (χ1) is 25.7. The van der Waals surface area contributed by atoms with E-state index >= 15 is 0 Å². The summed E-state index contributed by atoms with van der Waals surface area (Å²) in [5.74, 6) is 0. The van der Waals surface area contributed by atoms with E-state index in [1.165, 1.54) is 81.1 Å². The van der Waals surface area contributed by atoms with Crippen molar-refractivity contribution in [3.8, 4) is 27.9 Å². The molecule has 0 fully saturated rings. The number of aromatic nitrogens is 1. The largest absolute Gasteiger partial charge is 0.309 e. The lowest BCUT2D eigenvalue weighted by atomic mass is 9.66. The van der Waals surface area contributed by atoms with Gasteiger partial charge in [0.05, 0.1) is 16.4 Å². The zero-order valence-electron chi connectivity index (χ0n) is 28.1. The molecule has 0 amide bonds. The molecule has 0 saturated carbocycles. The molecule has 1 aliphatic rings. The number of thiophene rings is 1. The molecule has 1 aliphatic carbocycles. The van der Waals surface area contributed by atoms with Crippen LogP contribution in [0, 0.1) is 0 Å². The van der Waals surface area contributed by atoms with Gasteiger partial charge in [-0.15, -0.1) is 11.3 Å². The summed E-state index contributed by atoms with van der Waals surface area (Å²) in [4.78, 5) is 0. The van der Waals surface area contributed by atoms with E-state index in [-0.39, 0.29) is 0 Å². The minimum atomic E-state index is -0.591. The van der Waals surface area contributed by atoms with Gasteiger partial charge in [-0.1, -0.05) is 139 Å². The summed E-state index contributed by atoms with van der Waals surface area (Å²) >= 11 is 8.68. The van der Waals surface area contributed by atoms with Gasteiger partial charge in [0.25, 0.3) is 0 Å². The molecule has 11 rings (SSSR count). The van der Waals surface area contributed by atoms with E-state index in [9.17, 15) is 0 Å². The van der Waals surface area contributed by atoms with E-state index in [1.807, 2.05) is 12.1 Å². The normalized spacial score (nSPS) is 13.2. The fourth-order valence-corrected chi connectivity index (χ4v) is 10.5. The molecule has 0 aliphatic heterocycles. The second-order valence-electron chi connectivity index (χ2n) is 13.7. The van der Waals surface area contributed by atoms with Crippen molar-refractivity contribution in [2.45, 2.75) is 5.41 Å². The van der Waals surface area contributed by atoms with Crippen molar-refractivity contribution in [3.05, 3.63) is 209 Å². The van der Waals surface area contributed by atoms with E-state index in [1.54, 1.807) is 11.3 Å². The van der Waals surface area contributed by atoms with E-state index in [0.29, 0.717) is 0 Å². The maximum atomic E-state index is 6.88. The lowest BCUT2D eigenvalue weighted by Crippen LogP contribution is -2.29. The lowest BCUT2D eigenvalue weighted by molar-refractivity contribution is 0.772. The number of rotatable bonds is 4. The van der Waals surface area contributed by atoms with Crippen molar-refractivity contribution in [2.75, 3.05) is 0 Å². The van der Waals surface area contributed by atoms with Crippen molar-refractivity contribution in [1.82, 2.24) is 4.57 Å². The van der Waals surface area contributed by atoms with Crippen LogP contribution in [0.4, 0.5) is 0 Å². The van der Waals surface area contributed by atoms with Crippen LogP contribution in [0.1, 0.15) is 22.3 Å². The third kappa shape index (κ3) is 4.05. The van der Waals surface area contributed by atoms with Crippen molar-refractivity contribution in [1.29, 1.82) is 0 Å². The van der Waals surface area contributed by atoms with Gasteiger partial charge in [0.1, 0.15) is 0 Å². The molecule has 0 saturated heterocycles. The smallest absolute Gasteiger partial charge is 0.0734 e. The molecule has 10 aromatic rings. The zero-order valence-corrected chi connectivity index (χ0v) is 29.6. The van der Waals surface area contributed by atoms with E-state index < -0.39 is 5.41 Å². The molecule has 0 spiro atoms. The number of fused-ring (bicyclic) bond motifs is 9. The van der Waals surface area contributed by atoms with Gasteiger partial charge in [-0.3, -0.25) is 0 Å². The Morgan fingerprint density at radius 1 is 0.462 bits per heavy atom. The molecule has 3 heteroatoms. The first kappa shape index (κ1) is 29.8. The SMILES string of the molecule is Clc1cccc2sc3ccc(-c4cc(C5(c6ccccc6)c6ccccc6-c6ccccc65)c5c(c4)c4ccccc4n5-c4ccccc4)cc3c12. The molecule has 0 N–H and O–H groups in total. The predicted molar refractivity (Wildman–Crippen MR) is 221 cm³/mol. The van der Waals surface area contributed by atoms with Crippen molar-refractivity contribution in [2.24, 2.45) is 0 Å². The average Bonchev–Trinajstić information content (AvgIpc) is 3.85. The molecule has 0 radical (unpaired) electrons. The minimum absolute atomic E-state index is 0.591. The Bertz CT molecular complexity index is 2980. The van der Waals surface area contributed by atoms with Gasteiger partial charge in [-0.2, -0.15) is 0 Å². The summed E-state index contributed by atoms with van der Waals surface area (Å²) in [7, 11) is 0. The maximum absolute atomic E-state index is 6.88.